The molecule has 0 spiro atoms. The van der Waals surface area contributed by atoms with Gasteiger partial charge in [-0.15, -0.1) is 0 Å². The normalized spacial score (nSPS) is 10.6. The second-order valence-electron chi connectivity index (χ2n) is 4.29. The third-order valence-corrected chi connectivity index (χ3v) is 2.69. The summed E-state index contributed by atoms with van der Waals surface area (Å²) in [6, 6.07) is 1.85. The van der Waals surface area contributed by atoms with Crippen LogP contribution in [0.4, 0.5) is 11.9 Å². The summed E-state index contributed by atoms with van der Waals surface area (Å²) in [4.78, 5) is 16.8. The van der Waals surface area contributed by atoms with Crippen molar-refractivity contribution >= 4 is 11.9 Å². The molecule has 2 N–H and O–H groups in total. The van der Waals surface area contributed by atoms with Gasteiger partial charge in [0.1, 0.15) is 17.8 Å². The lowest BCUT2D eigenvalue weighted by Gasteiger charge is -2.07. The van der Waals surface area contributed by atoms with Crippen molar-refractivity contribution in [3.8, 4) is 5.95 Å². The van der Waals surface area contributed by atoms with Gasteiger partial charge in [0.25, 0.3) is 0 Å². The van der Waals surface area contributed by atoms with Crippen molar-refractivity contribution in [3.05, 3.63) is 36.2 Å². The van der Waals surface area contributed by atoms with Crippen LogP contribution in [0.1, 0.15) is 11.5 Å². The molecule has 0 aromatic carbocycles. The highest BCUT2D eigenvalue weighted by molar-refractivity contribution is 5.37. The Morgan fingerprint density at radius 1 is 1.24 bits per heavy atom. The summed E-state index contributed by atoms with van der Waals surface area (Å²) < 4.78 is 6.71. The van der Waals surface area contributed by atoms with Crippen molar-refractivity contribution in [3.63, 3.8) is 0 Å². The Morgan fingerprint density at radius 2 is 2.10 bits per heavy atom. The summed E-state index contributed by atoms with van der Waals surface area (Å²) in [5, 5.41) is 9.90. The zero-order valence-electron chi connectivity index (χ0n) is 11.6. The van der Waals surface area contributed by atoms with Crippen LogP contribution < -0.4 is 10.6 Å². The lowest BCUT2D eigenvalue weighted by atomic mass is 10.4. The summed E-state index contributed by atoms with van der Waals surface area (Å²) in [5.41, 5.74) is 0.781. The second kappa shape index (κ2) is 5.57. The van der Waals surface area contributed by atoms with E-state index in [1.165, 1.54) is 0 Å². The Hall–Kier alpha value is -2.97. The van der Waals surface area contributed by atoms with E-state index in [1.807, 2.05) is 13.0 Å². The highest BCUT2D eigenvalue weighted by atomic mass is 16.5. The average molecular weight is 286 g/mol. The van der Waals surface area contributed by atoms with Crippen LogP contribution in [-0.2, 0) is 6.54 Å². The Bertz CT molecular complexity index is 721. The van der Waals surface area contributed by atoms with E-state index in [0.29, 0.717) is 24.4 Å². The largest absolute Gasteiger partial charge is 0.361 e. The number of hydrogen-bond donors (Lipinski definition) is 2. The summed E-state index contributed by atoms with van der Waals surface area (Å²) in [6.07, 6.45) is 5.05. The number of imidazole rings is 1. The smallest absolute Gasteiger partial charge is 0.241 e. The van der Waals surface area contributed by atoms with E-state index >= 15 is 0 Å². The van der Waals surface area contributed by atoms with E-state index in [0.717, 1.165) is 11.5 Å². The van der Waals surface area contributed by atoms with Crippen LogP contribution in [0.5, 0.6) is 0 Å². The number of anilines is 2. The predicted molar refractivity (Wildman–Crippen MR) is 75.1 cm³/mol. The van der Waals surface area contributed by atoms with Gasteiger partial charge in [-0.2, -0.15) is 15.0 Å². The van der Waals surface area contributed by atoms with E-state index in [-0.39, 0.29) is 0 Å². The predicted octanol–water partition coefficient (Wildman–Crippen LogP) is 1.01. The van der Waals surface area contributed by atoms with E-state index < -0.39 is 0 Å². The van der Waals surface area contributed by atoms with Gasteiger partial charge in [-0.05, 0) is 6.92 Å². The van der Waals surface area contributed by atoms with E-state index in [2.05, 4.69) is 35.7 Å². The minimum Gasteiger partial charge on any atom is -0.361 e. The first-order valence-electron chi connectivity index (χ1n) is 6.33. The SMILES string of the molecule is CNc1nc(NCc2cc(C)on2)nc(-n2ccnc2)n1. The maximum absolute atomic E-state index is 5.01. The van der Waals surface area contributed by atoms with Gasteiger partial charge in [-0.25, -0.2) is 4.98 Å². The van der Waals surface area contributed by atoms with E-state index in [1.54, 1.807) is 30.3 Å². The highest BCUT2D eigenvalue weighted by Crippen LogP contribution is 2.10. The number of aryl methyl sites for hydroxylation is 1. The molecule has 0 aliphatic carbocycles. The maximum Gasteiger partial charge on any atom is 0.241 e. The Balaban J connectivity index is 1.82. The van der Waals surface area contributed by atoms with Gasteiger partial charge in [0.05, 0.1) is 6.54 Å². The standard InChI is InChI=1S/C12H14N8O/c1-8-5-9(19-21-8)6-15-11-16-10(13-2)17-12(18-11)20-4-3-14-7-20/h3-5,7H,6H2,1-2H3,(H2,13,15,16,17,18). The van der Waals surface area contributed by atoms with Crippen LogP contribution in [0, 0.1) is 6.92 Å². The van der Waals surface area contributed by atoms with E-state index in [9.17, 15) is 0 Å². The molecule has 108 valence electrons. The molecule has 0 saturated carbocycles. The van der Waals surface area contributed by atoms with Crippen LogP contribution in [0.15, 0.2) is 29.3 Å². The molecule has 3 aromatic heterocycles. The molecule has 0 bridgehead atoms. The molecule has 0 saturated heterocycles. The number of nitrogens with one attached hydrogen (secondary N) is 2. The first kappa shape index (κ1) is 13.0. The fourth-order valence-electron chi connectivity index (χ4n) is 1.72. The van der Waals surface area contributed by atoms with Crippen LogP contribution >= 0.6 is 0 Å². The number of aromatic nitrogens is 6. The summed E-state index contributed by atoms with van der Waals surface area (Å²) in [7, 11) is 1.75. The molecule has 0 fully saturated rings. The van der Waals surface area contributed by atoms with Crippen molar-refractivity contribution in [2.75, 3.05) is 17.7 Å². The fraction of sp³-hybridized carbons (Fsp3) is 0.250. The maximum atomic E-state index is 5.01. The van der Waals surface area contributed by atoms with Gasteiger partial charge < -0.3 is 15.2 Å². The molecule has 0 amide bonds. The quantitative estimate of drug-likeness (QED) is 0.715. The van der Waals surface area contributed by atoms with Crippen LogP contribution in [0.25, 0.3) is 5.95 Å². The first-order valence-corrected chi connectivity index (χ1v) is 6.33. The van der Waals surface area contributed by atoms with Crippen molar-refractivity contribution in [1.82, 2.24) is 29.7 Å². The molecule has 0 radical (unpaired) electrons. The molecule has 9 nitrogen and oxygen atoms in total. The zero-order valence-corrected chi connectivity index (χ0v) is 11.6. The summed E-state index contributed by atoms with van der Waals surface area (Å²) in [6.45, 7) is 2.31. The second-order valence-corrected chi connectivity index (χ2v) is 4.29. The number of nitrogens with zero attached hydrogens (tertiary/aromatic N) is 6. The third kappa shape index (κ3) is 2.96. The molecule has 0 unspecified atom stereocenters. The lowest BCUT2D eigenvalue weighted by molar-refractivity contribution is 0.391. The monoisotopic (exact) mass is 286 g/mol. The molecular weight excluding hydrogens is 272 g/mol. The molecular formula is C12H14N8O. The number of rotatable bonds is 5. The molecule has 0 aliphatic heterocycles. The molecule has 0 aliphatic rings. The van der Waals surface area contributed by atoms with Crippen LogP contribution in [0.3, 0.4) is 0 Å². The average Bonchev–Trinajstić information content (AvgIpc) is 3.16. The topological polar surface area (TPSA) is 107 Å². The Morgan fingerprint density at radius 3 is 2.76 bits per heavy atom. The summed E-state index contributed by atoms with van der Waals surface area (Å²) >= 11 is 0. The van der Waals surface area contributed by atoms with Crippen LogP contribution in [-0.4, -0.2) is 36.7 Å². The minimum atomic E-state index is 0.443. The Labute approximate surface area is 120 Å². The van der Waals surface area contributed by atoms with Gasteiger partial charge in [0, 0.05) is 25.5 Å². The molecule has 3 aromatic rings. The van der Waals surface area contributed by atoms with Gasteiger partial charge >= 0.3 is 0 Å². The van der Waals surface area contributed by atoms with Crippen molar-refractivity contribution in [2.45, 2.75) is 13.5 Å². The minimum absolute atomic E-state index is 0.443. The zero-order chi connectivity index (χ0) is 14.7. The fourth-order valence-corrected chi connectivity index (χ4v) is 1.72. The molecule has 9 heteroatoms. The highest BCUT2D eigenvalue weighted by Gasteiger charge is 2.08. The van der Waals surface area contributed by atoms with Gasteiger partial charge in [0.2, 0.25) is 17.8 Å². The number of hydrogen-bond acceptors (Lipinski definition) is 8. The van der Waals surface area contributed by atoms with Gasteiger partial charge in [0.15, 0.2) is 0 Å². The molecule has 0 atom stereocenters. The molecule has 3 rings (SSSR count). The van der Waals surface area contributed by atoms with E-state index in [4.69, 9.17) is 4.52 Å². The van der Waals surface area contributed by atoms with Crippen molar-refractivity contribution in [2.24, 2.45) is 0 Å². The van der Waals surface area contributed by atoms with Crippen molar-refractivity contribution < 1.29 is 4.52 Å². The third-order valence-electron chi connectivity index (χ3n) is 2.69. The first-order chi connectivity index (χ1) is 10.2. The summed E-state index contributed by atoms with van der Waals surface area (Å²) in [5.74, 6) is 2.15. The Kier molecular flexibility index (Phi) is 3.46. The van der Waals surface area contributed by atoms with Gasteiger partial charge in [-0.1, -0.05) is 5.16 Å². The van der Waals surface area contributed by atoms with Crippen molar-refractivity contribution in [1.29, 1.82) is 0 Å². The molecule has 21 heavy (non-hydrogen) atoms. The lowest BCUT2D eigenvalue weighted by Crippen LogP contribution is -2.10. The molecule has 3 heterocycles. The van der Waals surface area contributed by atoms with Crippen LogP contribution in [0.2, 0.25) is 0 Å². The van der Waals surface area contributed by atoms with Gasteiger partial charge in [-0.3, -0.25) is 4.57 Å².